The van der Waals surface area contributed by atoms with Gasteiger partial charge in [0, 0.05) is 17.0 Å². The zero-order valence-electron chi connectivity index (χ0n) is 15.4. The minimum Gasteiger partial charge on any atom is -0.312 e. The van der Waals surface area contributed by atoms with Gasteiger partial charge < -0.3 is 5.32 Å². The Labute approximate surface area is 161 Å². The highest BCUT2D eigenvalue weighted by Crippen LogP contribution is 2.32. The first-order chi connectivity index (χ1) is 12.9. The van der Waals surface area contributed by atoms with Crippen molar-refractivity contribution in [2.75, 3.05) is 11.9 Å². The maximum absolute atomic E-state index is 12.6. The molecule has 2 aromatic rings. The van der Waals surface area contributed by atoms with Crippen molar-refractivity contribution in [3.63, 3.8) is 0 Å². The minimum atomic E-state index is -0.414. The van der Waals surface area contributed by atoms with Crippen molar-refractivity contribution in [2.45, 2.75) is 33.6 Å². The van der Waals surface area contributed by atoms with Gasteiger partial charge in [-0.25, -0.2) is 0 Å². The molecule has 0 spiro atoms. The molecule has 0 aliphatic carbocycles. The number of rotatable bonds is 5. The molecule has 1 aromatic carbocycles. The number of unbranched alkanes of at least 4 members (excludes halogenated alkanes) is 1. The van der Waals surface area contributed by atoms with Crippen molar-refractivity contribution in [2.24, 2.45) is 0 Å². The van der Waals surface area contributed by atoms with Crippen LogP contribution in [-0.2, 0) is 0 Å². The summed E-state index contributed by atoms with van der Waals surface area (Å²) in [5.74, 6) is -1.09. The lowest BCUT2D eigenvalue weighted by atomic mass is 10.1. The van der Waals surface area contributed by atoms with Crippen molar-refractivity contribution in [1.82, 2.24) is 4.90 Å². The summed E-state index contributed by atoms with van der Waals surface area (Å²) in [5, 5.41) is 12.5. The van der Waals surface area contributed by atoms with Gasteiger partial charge in [0.25, 0.3) is 17.7 Å². The van der Waals surface area contributed by atoms with Crippen LogP contribution in [0.25, 0.3) is 0 Å². The lowest BCUT2D eigenvalue weighted by Crippen LogP contribution is -2.30. The number of nitrogens with zero attached hydrogens (tertiary/aromatic N) is 2. The second kappa shape index (κ2) is 7.33. The predicted molar refractivity (Wildman–Crippen MR) is 103 cm³/mol. The molecule has 1 aliphatic heterocycles. The molecule has 3 amide bonds. The lowest BCUT2D eigenvalue weighted by molar-refractivity contribution is 0.0652. The maximum atomic E-state index is 12.6. The van der Waals surface area contributed by atoms with E-state index in [1.165, 1.54) is 34.4 Å². The highest BCUT2D eigenvalue weighted by molar-refractivity contribution is 7.16. The molecule has 138 valence electrons. The summed E-state index contributed by atoms with van der Waals surface area (Å²) in [6.45, 7) is 6.10. The number of carbonyl (C=O) groups is 3. The van der Waals surface area contributed by atoms with Crippen molar-refractivity contribution >= 4 is 34.1 Å². The Morgan fingerprint density at radius 2 is 1.93 bits per heavy atom. The summed E-state index contributed by atoms with van der Waals surface area (Å²) < 4.78 is 0. The number of fused-ring (bicyclic) bond motifs is 1. The maximum Gasteiger partial charge on any atom is 0.261 e. The van der Waals surface area contributed by atoms with Gasteiger partial charge >= 0.3 is 0 Å². The van der Waals surface area contributed by atoms with Crippen molar-refractivity contribution in [3.8, 4) is 6.07 Å². The Balaban J connectivity index is 1.87. The molecule has 1 aromatic heterocycles. The van der Waals surface area contributed by atoms with E-state index in [4.69, 9.17) is 0 Å². The van der Waals surface area contributed by atoms with Gasteiger partial charge in [-0.05, 0) is 44.0 Å². The molecule has 1 aliphatic rings. The largest absolute Gasteiger partial charge is 0.312 e. The molecule has 27 heavy (non-hydrogen) atoms. The van der Waals surface area contributed by atoms with Crippen LogP contribution in [0.1, 0.15) is 66.8 Å². The van der Waals surface area contributed by atoms with Crippen LogP contribution in [0.5, 0.6) is 0 Å². The summed E-state index contributed by atoms with van der Waals surface area (Å²) in [7, 11) is 0. The first-order valence-electron chi connectivity index (χ1n) is 8.70. The van der Waals surface area contributed by atoms with Crippen LogP contribution in [0.2, 0.25) is 0 Å². The topological polar surface area (TPSA) is 90.3 Å². The van der Waals surface area contributed by atoms with Crippen LogP contribution < -0.4 is 5.32 Å². The first kappa shape index (κ1) is 18.8. The molecule has 0 unspecified atom stereocenters. The van der Waals surface area contributed by atoms with Gasteiger partial charge in [-0.2, -0.15) is 5.26 Å². The Bertz CT molecular complexity index is 1000. The average molecular weight is 381 g/mol. The number of hydrogen-bond acceptors (Lipinski definition) is 5. The average Bonchev–Trinajstić information content (AvgIpc) is 3.06. The SMILES string of the molecule is CCCCN1C(=O)c2ccc(C(=O)Nc3sc(C)c(C)c3C#N)cc2C1=O. The Kier molecular flexibility index (Phi) is 5.10. The highest BCUT2D eigenvalue weighted by Gasteiger charge is 2.35. The molecule has 1 N–H and O–H groups in total. The van der Waals surface area contributed by atoms with E-state index >= 15 is 0 Å². The third-order valence-corrected chi connectivity index (χ3v) is 5.82. The summed E-state index contributed by atoms with van der Waals surface area (Å²) in [4.78, 5) is 39.7. The zero-order valence-corrected chi connectivity index (χ0v) is 16.2. The van der Waals surface area contributed by atoms with Crippen LogP contribution in [0.3, 0.4) is 0 Å². The number of thiophene rings is 1. The van der Waals surface area contributed by atoms with E-state index in [9.17, 15) is 19.6 Å². The fourth-order valence-electron chi connectivity index (χ4n) is 2.98. The summed E-state index contributed by atoms with van der Waals surface area (Å²) in [6.07, 6.45) is 1.62. The van der Waals surface area contributed by atoms with Gasteiger partial charge in [0.1, 0.15) is 11.1 Å². The molecule has 0 fully saturated rings. The summed E-state index contributed by atoms with van der Waals surface area (Å²) >= 11 is 1.34. The Hall–Kier alpha value is -2.98. The van der Waals surface area contributed by atoms with Gasteiger partial charge in [-0.1, -0.05) is 13.3 Å². The third kappa shape index (κ3) is 3.24. The number of aryl methyl sites for hydroxylation is 1. The highest BCUT2D eigenvalue weighted by atomic mass is 32.1. The van der Waals surface area contributed by atoms with Gasteiger partial charge in [0.15, 0.2) is 0 Å². The number of nitriles is 1. The number of anilines is 1. The number of nitrogens with one attached hydrogen (secondary N) is 1. The predicted octanol–water partition coefficient (Wildman–Crippen LogP) is 3.89. The van der Waals surface area contributed by atoms with Crippen LogP contribution in [-0.4, -0.2) is 29.2 Å². The molecule has 0 atom stereocenters. The van der Waals surface area contributed by atoms with Crippen molar-refractivity contribution in [3.05, 3.63) is 50.9 Å². The molecule has 0 saturated carbocycles. The minimum absolute atomic E-state index is 0.253. The normalized spacial score (nSPS) is 12.9. The molecule has 0 radical (unpaired) electrons. The molecule has 0 saturated heterocycles. The van der Waals surface area contributed by atoms with Crippen molar-refractivity contribution < 1.29 is 14.4 Å². The second-order valence-corrected chi connectivity index (χ2v) is 7.65. The fourth-order valence-corrected chi connectivity index (χ4v) is 3.98. The Morgan fingerprint density at radius 1 is 1.22 bits per heavy atom. The lowest BCUT2D eigenvalue weighted by Gasteiger charge is -2.12. The van der Waals surface area contributed by atoms with Crippen LogP contribution in [0, 0.1) is 25.2 Å². The standard InChI is InChI=1S/C20H19N3O3S/c1-4-5-8-23-19(25)14-7-6-13(9-15(14)20(23)26)17(24)22-18-16(10-21)11(2)12(3)27-18/h6-7,9H,4-5,8H2,1-3H3,(H,22,24). The fraction of sp³-hybridized carbons (Fsp3) is 0.300. The monoisotopic (exact) mass is 381 g/mol. The van der Waals surface area contributed by atoms with E-state index in [2.05, 4.69) is 11.4 Å². The third-order valence-electron chi connectivity index (χ3n) is 4.69. The molecule has 0 bridgehead atoms. The van der Waals surface area contributed by atoms with Crippen molar-refractivity contribution in [1.29, 1.82) is 5.26 Å². The summed E-state index contributed by atoms with van der Waals surface area (Å²) in [5.41, 5.74) is 2.15. The van der Waals surface area contributed by atoms with Gasteiger partial charge in [0.2, 0.25) is 0 Å². The van der Waals surface area contributed by atoms with E-state index < -0.39 is 5.91 Å². The molecule has 3 rings (SSSR count). The van der Waals surface area contributed by atoms with Crippen LogP contribution in [0.4, 0.5) is 5.00 Å². The number of amides is 3. The van der Waals surface area contributed by atoms with E-state index in [0.29, 0.717) is 22.7 Å². The van der Waals surface area contributed by atoms with Gasteiger partial charge in [-0.15, -0.1) is 11.3 Å². The first-order valence-corrected chi connectivity index (χ1v) is 9.52. The number of benzene rings is 1. The van der Waals surface area contributed by atoms with E-state index in [0.717, 1.165) is 23.3 Å². The van der Waals surface area contributed by atoms with E-state index in [1.54, 1.807) is 0 Å². The number of carbonyl (C=O) groups excluding carboxylic acids is 3. The number of imide groups is 1. The second-order valence-electron chi connectivity index (χ2n) is 6.43. The quantitative estimate of drug-likeness (QED) is 0.796. The van der Waals surface area contributed by atoms with Gasteiger partial charge in [0.05, 0.1) is 16.7 Å². The van der Waals surface area contributed by atoms with E-state index in [-0.39, 0.29) is 22.9 Å². The zero-order chi connectivity index (χ0) is 19.7. The van der Waals surface area contributed by atoms with Crippen LogP contribution in [0.15, 0.2) is 18.2 Å². The molecule has 7 heteroatoms. The molecular formula is C20H19N3O3S. The molecular weight excluding hydrogens is 362 g/mol. The molecule has 2 heterocycles. The van der Waals surface area contributed by atoms with Gasteiger partial charge in [-0.3, -0.25) is 19.3 Å². The summed E-state index contributed by atoms with van der Waals surface area (Å²) in [6, 6.07) is 6.62. The van der Waals surface area contributed by atoms with E-state index in [1.807, 2.05) is 20.8 Å². The Morgan fingerprint density at radius 3 is 2.59 bits per heavy atom. The molecule has 6 nitrogen and oxygen atoms in total. The van der Waals surface area contributed by atoms with Crippen LogP contribution >= 0.6 is 11.3 Å². The smallest absolute Gasteiger partial charge is 0.261 e. The number of hydrogen-bond donors (Lipinski definition) is 1.